The third-order valence-electron chi connectivity index (χ3n) is 3.17. The normalized spacial score (nSPS) is 19.9. The number of hydrogen-bond donors (Lipinski definition) is 2. The molecule has 1 aliphatic rings. The Hall–Kier alpha value is -1.40. The van der Waals surface area contributed by atoms with Gasteiger partial charge in [-0.2, -0.15) is 0 Å². The molecule has 1 aromatic rings. The minimum atomic E-state index is -3.34. The molecule has 1 fully saturated rings. The summed E-state index contributed by atoms with van der Waals surface area (Å²) in [7, 11) is -3.34. The number of sulfone groups is 1. The predicted molar refractivity (Wildman–Crippen MR) is 73.8 cm³/mol. The van der Waals surface area contributed by atoms with E-state index < -0.39 is 9.84 Å². The Kier molecular flexibility index (Phi) is 4.21. The number of rotatable bonds is 3. The molecule has 0 aromatic heterocycles. The molecule has 104 valence electrons. The zero-order valence-corrected chi connectivity index (χ0v) is 11.7. The van der Waals surface area contributed by atoms with E-state index in [0.717, 1.165) is 32.1 Å². The van der Waals surface area contributed by atoms with Crippen molar-refractivity contribution < 1.29 is 13.2 Å². The Morgan fingerprint density at radius 2 is 2.05 bits per heavy atom. The molecule has 5 nitrogen and oxygen atoms in total. The number of hydrogen-bond acceptors (Lipinski definition) is 4. The van der Waals surface area contributed by atoms with Gasteiger partial charge in [-0.3, -0.25) is 4.79 Å². The average Bonchev–Trinajstić information content (AvgIpc) is 2.39. The Morgan fingerprint density at radius 1 is 1.32 bits per heavy atom. The van der Waals surface area contributed by atoms with Crippen LogP contribution in [0.5, 0.6) is 0 Å². The van der Waals surface area contributed by atoms with Crippen LogP contribution >= 0.6 is 0 Å². The van der Waals surface area contributed by atoms with Gasteiger partial charge in [-0.25, -0.2) is 8.42 Å². The van der Waals surface area contributed by atoms with Crippen LogP contribution in [0.15, 0.2) is 29.2 Å². The monoisotopic (exact) mass is 282 g/mol. The van der Waals surface area contributed by atoms with Gasteiger partial charge < -0.3 is 10.6 Å². The molecule has 0 radical (unpaired) electrons. The molecule has 2 N–H and O–H groups in total. The first-order valence-electron chi connectivity index (χ1n) is 6.32. The van der Waals surface area contributed by atoms with E-state index in [1.165, 1.54) is 6.07 Å². The number of carbonyl (C=O) groups is 1. The molecule has 1 aliphatic heterocycles. The highest BCUT2D eigenvalue weighted by Crippen LogP contribution is 2.21. The largest absolute Gasteiger partial charge is 0.324 e. The van der Waals surface area contributed by atoms with E-state index in [9.17, 15) is 13.2 Å². The summed E-state index contributed by atoms with van der Waals surface area (Å²) >= 11 is 0. The second kappa shape index (κ2) is 5.71. The lowest BCUT2D eigenvalue weighted by molar-refractivity contribution is -0.118. The summed E-state index contributed by atoms with van der Waals surface area (Å²) in [6.07, 6.45) is 4.01. The minimum absolute atomic E-state index is 0.152. The fourth-order valence-electron chi connectivity index (χ4n) is 2.19. The van der Waals surface area contributed by atoms with Gasteiger partial charge in [-0.1, -0.05) is 18.6 Å². The first-order chi connectivity index (χ1) is 8.98. The molecular formula is C13H18N2O3S. The van der Waals surface area contributed by atoms with Crippen molar-refractivity contribution in [3.63, 3.8) is 0 Å². The fraction of sp³-hybridized carbons (Fsp3) is 0.462. The van der Waals surface area contributed by atoms with E-state index in [1.54, 1.807) is 18.2 Å². The molecule has 6 heteroatoms. The second-order valence-electron chi connectivity index (χ2n) is 4.76. The molecule has 19 heavy (non-hydrogen) atoms. The van der Waals surface area contributed by atoms with Crippen molar-refractivity contribution in [3.8, 4) is 0 Å². The molecule has 0 unspecified atom stereocenters. The Bertz CT molecular complexity index is 563. The first kappa shape index (κ1) is 14.0. The van der Waals surface area contributed by atoms with Crippen LogP contribution in [0.3, 0.4) is 0 Å². The number of piperidine rings is 1. The van der Waals surface area contributed by atoms with Crippen molar-refractivity contribution in [2.45, 2.75) is 30.2 Å². The molecule has 0 spiro atoms. The van der Waals surface area contributed by atoms with E-state index in [0.29, 0.717) is 5.69 Å². The number of carbonyl (C=O) groups excluding carboxylic acids is 1. The Morgan fingerprint density at radius 3 is 2.68 bits per heavy atom. The maximum absolute atomic E-state index is 12.1. The Balaban J connectivity index is 2.17. The summed E-state index contributed by atoms with van der Waals surface area (Å²) in [4.78, 5) is 12.2. The summed E-state index contributed by atoms with van der Waals surface area (Å²) in [5, 5.41) is 5.84. The van der Waals surface area contributed by atoms with Gasteiger partial charge in [0.15, 0.2) is 9.84 Å². The predicted octanol–water partition coefficient (Wildman–Crippen LogP) is 1.17. The third-order valence-corrected chi connectivity index (χ3v) is 4.33. The van der Waals surface area contributed by atoms with Crippen molar-refractivity contribution >= 4 is 21.4 Å². The molecule has 0 saturated carbocycles. The molecule has 1 amide bonds. The molecule has 0 bridgehead atoms. The van der Waals surface area contributed by atoms with Gasteiger partial charge in [0, 0.05) is 6.26 Å². The van der Waals surface area contributed by atoms with E-state index in [2.05, 4.69) is 10.6 Å². The highest BCUT2D eigenvalue weighted by atomic mass is 32.2. The van der Waals surface area contributed by atoms with Gasteiger partial charge in [-0.15, -0.1) is 0 Å². The summed E-state index contributed by atoms with van der Waals surface area (Å²) < 4.78 is 23.3. The highest BCUT2D eigenvalue weighted by Gasteiger charge is 2.22. The third kappa shape index (κ3) is 3.54. The van der Waals surface area contributed by atoms with Gasteiger partial charge in [0.1, 0.15) is 0 Å². The number of para-hydroxylation sites is 1. The lowest BCUT2D eigenvalue weighted by atomic mass is 10.0. The standard InChI is InChI=1S/C13H18N2O3S/c1-19(17,18)12-8-3-2-6-10(12)15-13(16)11-7-4-5-9-14-11/h2-3,6,8,11,14H,4-5,7,9H2,1H3,(H,15,16)/t11-/m1/s1. The van der Waals surface area contributed by atoms with Crippen LogP contribution in [-0.2, 0) is 14.6 Å². The summed E-state index contributed by atoms with van der Waals surface area (Å²) in [6.45, 7) is 0.825. The van der Waals surface area contributed by atoms with Crippen LogP contribution in [0.1, 0.15) is 19.3 Å². The number of nitrogens with one attached hydrogen (secondary N) is 2. The summed E-state index contributed by atoms with van der Waals surface area (Å²) in [6, 6.07) is 6.22. The van der Waals surface area contributed by atoms with E-state index >= 15 is 0 Å². The van der Waals surface area contributed by atoms with Crippen molar-refractivity contribution in [1.82, 2.24) is 5.32 Å². The maximum atomic E-state index is 12.1. The van der Waals surface area contributed by atoms with Gasteiger partial charge >= 0.3 is 0 Å². The van der Waals surface area contributed by atoms with Crippen molar-refractivity contribution in [2.75, 3.05) is 18.1 Å². The zero-order chi connectivity index (χ0) is 13.9. The molecule has 1 atom stereocenters. The molecule has 0 aliphatic carbocycles. The van der Waals surface area contributed by atoms with Crippen LogP contribution in [-0.4, -0.2) is 33.2 Å². The number of anilines is 1. The molecular weight excluding hydrogens is 264 g/mol. The Labute approximate surface area is 113 Å². The minimum Gasteiger partial charge on any atom is -0.324 e. The fourth-order valence-corrected chi connectivity index (χ4v) is 3.03. The van der Waals surface area contributed by atoms with Crippen LogP contribution in [0.4, 0.5) is 5.69 Å². The van der Waals surface area contributed by atoms with Crippen LogP contribution in [0.25, 0.3) is 0 Å². The summed E-state index contributed by atoms with van der Waals surface area (Å²) in [5.74, 6) is -0.171. The van der Waals surface area contributed by atoms with E-state index in [-0.39, 0.29) is 16.8 Å². The molecule has 1 aromatic carbocycles. The van der Waals surface area contributed by atoms with Crippen molar-refractivity contribution in [3.05, 3.63) is 24.3 Å². The van der Waals surface area contributed by atoms with Crippen molar-refractivity contribution in [1.29, 1.82) is 0 Å². The van der Waals surface area contributed by atoms with Gasteiger partial charge in [-0.05, 0) is 31.5 Å². The smallest absolute Gasteiger partial charge is 0.241 e. The lowest BCUT2D eigenvalue weighted by Gasteiger charge is -2.23. The summed E-state index contributed by atoms with van der Waals surface area (Å²) in [5.41, 5.74) is 0.349. The lowest BCUT2D eigenvalue weighted by Crippen LogP contribution is -2.43. The average molecular weight is 282 g/mol. The molecule has 1 saturated heterocycles. The van der Waals surface area contributed by atoms with Crippen LogP contribution < -0.4 is 10.6 Å². The van der Waals surface area contributed by atoms with E-state index in [4.69, 9.17) is 0 Å². The quantitative estimate of drug-likeness (QED) is 0.872. The number of benzene rings is 1. The molecule has 2 rings (SSSR count). The molecule has 1 heterocycles. The SMILES string of the molecule is CS(=O)(=O)c1ccccc1NC(=O)[C@H]1CCCCN1. The van der Waals surface area contributed by atoms with Gasteiger partial charge in [0.25, 0.3) is 0 Å². The first-order valence-corrected chi connectivity index (χ1v) is 8.21. The number of amides is 1. The maximum Gasteiger partial charge on any atom is 0.241 e. The van der Waals surface area contributed by atoms with Crippen molar-refractivity contribution in [2.24, 2.45) is 0 Å². The van der Waals surface area contributed by atoms with Gasteiger partial charge in [0.2, 0.25) is 5.91 Å². The van der Waals surface area contributed by atoms with Gasteiger partial charge in [0.05, 0.1) is 16.6 Å². The van der Waals surface area contributed by atoms with Crippen LogP contribution in [0, 0.1) is 0 Å². The van der Waals surface area contributed by atoms with Crippen LogP contribution in [0.2, 0.25) is 0 Å². The highest BCUT2D eigenvalue weighted by molar-refractivity contribution is 7.90. The second-order valence-corrected chi connectivity index (χ2v) is 6.74. The zero-order valence-electron chi connectivity index (χ0n) is 10.8. The topological polar surface area (TPSA) is 75.3 Å². The van der Waals surface area contributed by atoms with E-state index in [1.807, 2.05) is 0 Å².